The normalized spacial score (nSPS) is 23.8. The zero-order valence-corrected chi connectivity index (χ0v) is 17.3. The van der Waals surface area contributed by atoms with Crippen molar-refractivity contribution in [2.24, 2.45) is 0 Å². The van der Waals surface area contributed by atoms with Gasteiger partial charge >= 0.3 is 5.97 Å². The summed E-state index contributed by atoms with van der Waals surface area (Å²) in [5.74, 6) is -0.117. The summed E-state index contributed by atoms with van der Waals surface area (Å²) >= 11 is 0. The number of carbonyl (C=O) groups is 1. The molecule has 0 radical (unpaired) electrons. The van der Waals surface area contributed by atoms with Gasteiger partial charge in [-0.2, -0.15) is 0 Å². The summed E-state index contributed by atoms with van der Waals surface area (Å²) in [6.45, 7) is 2.05. The number of aliphatic hydroxyl groups is 2. The first-order valence-electron chi connectivity index (χ1n) is 10.6. The number of hydrogen-bond donors (Lipinski definition) is 3. The second-order valence-corrected chi connectivity index (χ2v) is 7.68. The second kappa shape index (κ2) is 10.6. The third-order valence-corrected chi connectivity index (χ3v) is 5.39. The number of hydrogen-bond acceptors (Lipinski definition) is 9. The minimum Gasteiger partial charge on any atom is -0.463 e. The van der Waals surface area contributed by atoms with Gasteiger partial charge in [-0.25, -0.2) is 15.0 Å². The monoisotopic (exact) mass is 421 g/mol. The van der Waals surface area contributed by atoms with Gasteiger partial charge in [0, 0.05) is 6.42 Å². The zero-order valence-electron chi connectivity index (χ0n) is 17.3. The van der Waals surface area contributed by atoms with E-state index in [9.17, 15) is 15.0 Å². The van der Waals surface area contributed by atoms with Crippen LogP contribution in [0.25, 0.3) is 11.2 Å². The minimum atomic E-state index is -1.23. The molecule has 0 spiro atoms. The Bertz CT molecular complexity index is 829. The van der Waals surface area contributed by atoms with Crippen molar-refractivity contribution in [3.05, 3.63) is 12.7 Å². The first-order chi connectivity index (χ1) is 14.5. The maximum absolute atomic E-state index is 12.0. The van der Waals surface area contributed by atoms with Crippen molar-refractivity contribution in [2.45, 2.75) is 82.8 Å². The van der Waals surface area contributed by atoms with Crippen molar-refractivity contribution in [2.75, 3.05) is 12.3 Å². The highest BCUT2D eigenvalue weighted by atomic mass is 16.6. The first kappa shape index (κ1) is 22.4. The van der Waals surface area contributed by atoms with Crippen molar-refractivity contribution in [3.63, 3.8) is 0 Å². The number of unbranched alkanes of at least 4 members (excludes halogenated alkanes) is 6. The summed E-state index contributed by atoms with van der Waals surface area (Å²) in [4.78, 5) is 24.1. The molecule has 30 heavy (non-hydrogen) atoms. The van der Waals surface area contributed by atoms with Crippen LogP contribution in [0.2, 0.25) is 0 Å². The Labute approximate surface area is 175 Å². The van der Waals surface area contributed by atoms with E-state index < -0.39 is 24.5 Å². The lowest BCUT2D eigenvalue weighted by Gasteiger charge is -2.16. The molecule has 0 aromatic carbocycles. The van der Waals surface area contributed by atoms with E-state index in [0.29, 0.717) is 17.6 Å². The Kier molecular flexibility index (Phi) is 7.94. The van der Waals surface area contributed by atoms with Gasteiger partial charge in [-0.1, -0.05) is 45.4 Å². The molecule has 0 aliphatic carbocycles. The van der Waals surface area contributed by atoms with Crippen LogP contribution in [0.1, 0.15) is 64.5 Å². The molecule has 4 atom stereocenters. The van der Waals surface area contributed by atoms with Gasteiger partial charge in [-0.3, -0.25) is 9.36 Å². The SMILES string of the molecule is CCCCCCCCCC(=O)OC[C@H]1O[C@@H](n2cnc3c(N)ncnc32)[C@H](O)[C@@H]1O. The maximum Gasteiger partial charge on any atom is 0.305 e. The summed E-state index contributed by atoms with van der Waals surface area (Å²) in [7, 11) is 0. The predicted molar refractivity (Wildman–Crippen MR) is 109 cm³/mol. The van der Waals surface area contributed by atoms with Crippen LogP contribution < -0.4 is 5.73 Å². The molecule has 1 aliphatic heterocycles. The molecule has 1 fully saturated rings. The average molecular weight is 421 g/mol. The van der Waals surface area contributed by atoms with Crippen LogP contribution in [-0.4, -0.2) is 60.6 Å². The number of fused-ring (bicyclic) bond motifs is 1. The Morgan fingerprint density at radius 1 is 1.13 bits per heavy atom. The topological polar surface area (TPSA) is 146 Å². The number of esters is 1. The summed E-state index contributed by atoms with van der Waals surface area (Å²) in [5, 5.41) is 20.7. The molecule has 10 nitrogen and oxygen atoms in total. The number of rotatable bonds is 11. The van der Waals surface area contributed by atoms with E-state index in [4.69, 9.17) is 15.2 Å². The lowest BCUT2D eigenvalue weighted by atomic mass is 10.1. The maximum atomic E-state index is 12.0. The van der Waals surface area contributed by atoms with Crippen LogP contribution in [0.4, 0.5) is 5.82 Å². The van der Waals surface area contributed by atoms with Crippen LogP contribution in [0.3, 0.4) is 0 Å². The number of carbonyl (C=O) groups excluding carboxylic acids is 1. The minimum absolute atomic E-state index is 0.131. The van der Waals surface area contributed by atoms with Crippen LogP contribution in [-0.2, 0) is 14.3 Å². The van der Waals surface area contributed by atoms with Crippen LogP contribution >= 0.6 is 0 Å². The van der Waals surface area contributed by atoms with Crippen molar-refractivity contribution in [1.82, 2.24) is 19.5 Å². The molecule has 1 aliphatic rings. The third kappa shape index (κ3) is 5.24. The number of imidazole rings is 1. The van der Waals surface area contributed by atoms with Gasteiger partial charge in [-0.05, 0) is 6.42 Å². The fraction of sp³-hybridized carbons (Fsp3) is 0.700. The molecule has 0 unspecified atom stereocenters. The number of nitrogen functional groups attached to an aromatic ring is 1. The molecule has 166 valence electrons. The summed E-state index contributed by atoms with van der Waals surface area (Å²) in [6.07, 6.45) is 6.66. The fourth-order valence-corrected chi connectivity index (χ4v) is 3.63. The molecular formula is C20H31N5O5. The Morgan fingerprint density at radius 2 is 1.87 bits per heavy atom. The Balaban J connectivity index is 1.46. The lowest BCUT2D eigenvalue weighted by molar-refractivity contribution is -0.150. The van der Waals surface area contributed by atoms with Gasteiger partial charge < -0.3 is 25.4 Å². The molecule has 3 rings (SSSR count). The van der Waals surface area contributed by atoms with Crippen LogP contribution in [0, 0.1) is 0 Å². The lowest BCUT2D eigenvalue weighted by Crippen LogP contribution is -2.34. The van der Waals surface area contributed by atoms with E-state index in [0.717, 1.165) is 19.3 Å². The predicted octanol–water partition coefficient (Wildman–Crippen LogP) is 1.71. The molecule has 10 heteroatoms. The van der Waals surface area contributed by atoms with E-state index in [1.807, 2.05) is 0 Å². The molecule has 3 heterocycles. The quantitative estimate of drug-likeness (QED) is 0.364. The number of aliphatic hydroxyl groups excluding tert-OH is 2. The third-order valence-electron chi connectivity index (χ3n) is 5.39. The summed E-state index contributed by atoms with van der Waals surface area (Å²) < 4.78 is 12.5. The van der Waals surface area contributed by atoms with Gasteiger partial charge in [-0.15, -0.1) is 0 Å². The molecule has 0 bridgehead atoms. The number of nitrogens with zero attached hydrogens (tertiary/aromatic N) is 4. The molecule has 2 aromatic rings. The number of aromatic nitrogens is 4. The molecule has 4 N–H and O–H groups in total. The van der Waals surface area contributed by atoms with Crippen molar-refractivity contribution >= 4 is 23.0 Å². The highest BCUT2D eigenvalue weighted by Gasteiger charge is 2.44. The van der Waals surface area contributed by atoms with E-state index in [1.54, 1.807) is 0 Å². The number of nitrogens with two attached hydrogens (primary N) is 1. The van der Waals surface area contributed by atoms with Crippen LogP contribution in [0.15, 0.2) is 12.7 Å². The number of anilines is 1. The van der Waals surface area contributed by atoms with Crippen molar-refractivity contribution < 1.29 is 24.5 Å². The van der Waals surface area contributed by atoms with Crippen molar-refractivity contribution in [1.29, 1.82) is 0 Å². The van der Waals surface area contributed by atoms with Gasteiger partial charge in [0.05, 0.1) is 6.33 Å². The first-order valence-corrected chi connectivity index (χ1v) is 10.6. The smallest absolute Gasteiger partial charge is 0.305 e. The van der Waals surface area contributed by atoms with Gasteiger partial charge in [0.1, 0.15) is 36.8 Å². The average Bonchev–Trinajstić information content (AvgIpc) is 3.28. The van der Waals surface area contributed by atoms with E-state index >= 15 is 0 Å². The fourth-order valence-electron chi connectivity index (χ4n) is 3.63. The molecule has 2 aromatic heterocycles. The van der Waals surface area contributed by atoms with Crippen molar-refractivity contribution in [3.8, 4) is 0 Å². The van der Waals surface area contributed by atoms with E-state index in [2.05, 4.69) is 21.9 Å². The second-order valence-electron chi connectivity index (χ2n) is 7.68. The summed E-state index contributed by atoms with van der Waals surface area (Å²) in [6, 6.07) is 0. The Hall–Kier alpha value is -2.30. The number of ether oxygens (including phenoxy) is 2. The Morgan fingerprint density at radius 3 is 2.63 bits per heavy atom. The van der Waals surface area contributed by atoms with E-state index in [-0.39, 0.29) is 18.4 Å². The highest BCUT2D eigenvalue weighted by molar-refractivity contribution is 5.81. The molecule has 0 saturated carbocycles. The zero-order chi connectivity index (χ0) is 21.5. The van der Waals surface area contributed by atoms with Crippen LogP contribution in [0.5, 0.6) is 0 Å². The largest absolute Gasteiger partial charge is 0.463 e. The van der Waals surface area contributed by atoms with Gasteiger partial charge in [0.25, 0.3) is 0 Å². The van der Waals surface area contributed by atoms with Gasteiger partial charge in [0.2, 0.25) is 0 Å². The van der Waals surface area contributed by atoms with Gasteiger partial charge in [0.15, 0.2) is 17.7 Å². The molecule has 1 saturated heterocycles. The van der Waals surface area contributed by atoms with E-state index in [1.165, 1.54) is 42.9 Å². The summed E-state index contributed by atoms with van der Waals surface area (Å²) in [5.41, 5.74) is 6.55. The molecular weight excluding hydrogens is 390 g/mol. The molecule has 0 amide bonds. The standard InChI is InChI=1S/C20H31N5O5/c1-2-3-4-5-6-7-8-9-14(26)29-10-13-16(27)17(28)20(30-13)25-12-24-15-18(21)22-11-23-19(15)25/h11-13,16-17,20,27-28H,2-10H2,1H3,(H2,21,22,23)/t13-,16-,17-,20-/m1/s1. The highest BCUT2D eigenvalue weighted by Crippen LogP contribution is 2.32.